The highest BCUT2D eigenvalue weighted by Gasteiger charge is 2.09. The lowest BCUT2D eigenvalue weighted by molar-refractivity contribution is 0.586. The summed E-state index contributed by atoms with van der Waals surface area (Å²) in [5.41, 5.74) is 2.15. The minimum atomic E-state index is 0.438. The van der Waals surface area contributed by atoms with Crippen molar-refractivity contribution < 1.29 is 0 Å². The van der Waals surface area contributed by atoms with Crippen molar-refractivity contribution in [1.82, 2.24) is 15.3 Å². The molecule has 102 valence electrons. The lowest BCUT2D eigenvalue weighted by atomic mass is 10.1. The number of hydrogen-bond donors (Lipinski definition) is 1. The third kappa shape index (κ3) is 4.61. The number of anilines is 1. The molecule has 1 rings (SSSR count). The molecule has 4 heteroatoms. The van der Waals surface area contributed by atoms with E-state index in [0.29, 0.717) is 12.0 Å². The lowest BCUT2D eigenvalue weighted by Crippen LogP contribution is -2.33. The molecule has 0 unspecified atom stereocenters. The Labute approximate surface area is 111 Å². The van der Waals surface area contributed by atoms with Crippen molar-refractivity contribution in [2.45, 2.75) is 46.6 Å². The topological polar surface area (TPSA) is 41.1 Å². The number of likely N-dealkylation sites (N-methyl/N-ethyl adjacent to an activating group) is 1. The van der Waals surface area contributed by atoms with Crippen LogP contribution in [0.25, 0.3) is 0 Å². The van der Waals surface area contributed by atoms with Crippen molar-refractivity contribution in [1.29, 1.82) is 0 Å². The van der Waals surface area contributed by atoms with Gasteiger partial charge in [-0.3, -0.25) is 0 Å². The second kappa shape index (κ2) is 6.69. The molecule has 0 aromatic carbocycles. The van der Waals surface area contributed by atoms with Gasteiger partial charge in [-0.1, -0.05) is 27.7 Å². The molecular weight excluding hydrogens is 224 g/mol. The summed E-state index contributed by atoms with van der Waals surface area (Å²) in [6, 6.07) is 2.58. The Hall–Kier alpha value is -1.16. The monoisotopic (exact) mass is 250 g/mol. The number of rotatable bonds is 6. The van der Waals surface area contributed by atoms with Crippen LogP contribution in [0.5, 0.6) is 0 Å². The van der Waals surface area contributed by atoms with Gasteiger partial charge in [0.1, 0.15) is 0 Å². The molecule has 0 aliphatic heterocycles. The van der Waals surface area contributed by atoms with E-state index in [2.05, 4.69) is 53.9 Å². The Balaban J connectivity index is 2.69. The summed E-state index contributed by atoms with van der Waals surface area (Å²) < 4.78 is 0. The Morgan fingerprint density at radius 1 is 1.22 bits per heavy atom. The zero-order chi connectivity index (χ0) is 13.7. The number of aromatic nitrogens is 2. The van der Waals surface area contributed by atoms with E-state index in [1.165, 1.54) is 0 Å². The highest BCUT2D eigenvalue weighted by Crippen LogP contribution is 2.15. The third-order valence-electron chi connectivity index (χ3n) is 2.79. The standard InChI is InChI=1S/C14H26N4/c1-10(2)13-9-12(5)16-14(17-13)18(6)8-7-15-11(3)4/h9-11,15H,7-8H2,1-6H3. The fourth-order valence-electron chi connectivity index (χ4n) is 1.66. The van der Waals surface area contributed by atoms with E-state index in [-0.39, 0.29) is 0 Å². The average molecular weight is 250 g/mol. The molecular formula is C14H26N4. The summed E-state index contributed by atoms with van der Waals surface area (Å²) in [5.74, 6) is 1.26. The van der Waals surface area contributed by atoms with Crippen LogP contribution >= 0.6 is 0 Å². The van der Waals surface area contributed by atoms with Gasteiger partial charge in [-0.15, -0.1) is 0 Å². The van der Waals surface area contributed by atoms with Gasteiger partial charge in [0.2, 0.25) is 5.95 Å². The quantitative estimate of drug-likeness (QED) is 0.841. The molecule has 0 radical (unpaired) electrons. The maximum absolute atomic E-state index is 4.62. The first-order valence-corrected chi connectivity index (χ1v) is 6.70. The van der Waals surface area contributed by atoms with Gasteiger partial charge in [-0.05, 0) is 18.9 Å². The van der Waals surface area contributed by atoms with Crippen molar-refractivity contribution in [3.05, 3.63) is 17.5 Å². The Morgan fingerprint density at radius 2 is 1.89 bits per heavy atom. The van der Waals surface area contributed by atoms with Crippen LogP contribution in [-0.2, 0) is 0 Å². The summed E-state index contributed by atoms with van der Waals surface area (Å²) in [6.45, 7) is 12.5. The summed E-state index contributed by atoms with van der Waals surface area (Å²) in [5, 5.41) is 3.40. The molecule has 0 spiro atoms. The van der Waals surface area contributed by atoms with Crippen LogP contribution in [-0.4, -0.2) is 36.1 Å². The average Bonchev–Trinajstić information content (AvgIpc) is 2.27. The molecule has 0 saturated carbocycles. The van der Waals surface area contributed by atoms with Gasteiger partial charge in [-0.2, -0.15) is 0 Å². The van der Waals surface area contributed by atoms with E-state index >= 15 is 0 Å². The van der Waals surface area contributed by atoms with Crippen LogP contribution in [0.1, 0.15) is 45.0 Å². The van der Waals surface area contributed by atoms with Crippen molar-refractivity contribution in [3.63, 3.8) is 0 Å². The zero-order valence-corrected chi connectivity index (χ0v) is 12.5. The molecule has 0 aliphatic carbocycles. The van der Waals surface area contributed by atoms with Gasteiger partial charge in [0.05, 0.1) is 0 Å². The SMILES string of the molecule is Cc1cc(C(C)C)nc(N(C)CCNC(C)C)n1. The number of nitrogens with zero attached hydrogens (tertiary/aromatic N) is 3. The van der Waals surface area contributed by atoms with E-state index in [4.69, 9.17) is 0 Å². The maximum Gasteiger partial charge on any atom is 0.225 e. The first-order valence-electron chi connectivity index (χ1n) is 6.70. The van der Waals surface area contributed by atoms with Crippen LogP contribution in [0.2, 0.25) is 0 Å². The summed E-state index contributed by atoms with van der Waals surface area (Å²) in [4.78, 5) is 11.2. The summed E-state index contributed by atoms with van der Waals surface area (Å²) in [7, 11) is 2.04. The fourth-order valence-corrected chi connectivity index (χ4v) is 1.66. The van der Waals surface area contributed by atoms with Crippen LogP contribution in [0, 0.1) is 6.92 Å². The minimum absolute atomic E-state index is 0.438. The zero-order valence-electron chi connectivity index (χ0n) is 12.5. The molecule has 4 nitrogen and oxygen atoms in total. The van der Waals surface area contributed by atoms with E-state index < -0.39 is 0 Å². The van der Waals surface area contributed by atoms with E-state index in [1.807, 2.05) is 14.0 Å². The van der Waals surface area contributed by atoms with E-state index in [9.17, 15) is 0 Å². The molecule has 1 N–H and O–H groups in total. The van der Waals surface area contributed by atoms with Gasteiger partial charge in [0.25, 0.3) is 0 Å². The van der Waals surface area contributed by atoms with Crippen molar-refractivity contribution >= 4 is 5.95 Å². The molecule has 1 aromatic heterocycles. The van der Waals surface area contributed by atoms with Gasteiger partial charge < -0.3 is 10.2 Å². The first-order chi connectivity index (χ1) is 8.40. The first kappa shape index (κ1) is 14.9. The lowest BCUT2D eigenvalue weighted by Gasteiger charge is -2.20. The molecule has 1 heterocycles. The number of hydrogen-bond acceptors (Lipinski definition) is 4. The third-order valence-corrected chi connectivity index (χ3v) is 2.79. The molecule has 0 aliphatic rings. The summed E-state index contributed by atoms with van der Waals surface area (Å²) >= 11 is 0. The minimum Gasteiger partial charge on any atom is -0.343 e. The molecule has 0 fully saturated rings. The summed E-state index contributed by atoms with van der Waals surface area (Å²) in [6.07, 6.45) is 0. The smallest absolute Gasteiger partial charge is 0.225 e. The van der Waals surface area contributed by atoms with Gasteiger partial charge >= 0.3 is 0 Å². The Kier molecular flexibility index (Phi) is 5.54. The van der Waals surface area contributed by atoms with E-state index in [0.717, 1.165) is 30.4 Å². The highest BCUT2D eigenvalue weighted by atomic mass is 15.2. The second-order valence-corrected chi connectivity index (χ2v) is 5.42. The molecule has 1 aromatic rings. The van der Waals surface area contributed by atoms with Crippen molar-refractivity contribution in [2.75, 3.05) is 25.0 Å². The van der Waals surface area contributed by atoms with Crippen LogP contribution in [0.4, 0.5) is 5.95 Å². The predicted molar refractivity (Wildman–Crippen MR) is 77.3 cm³/mol. The number of nitrogens with one attached hydrogen (secondary N) is 1. The predicted octanol–water partition coefficient (Wildman–Crippen LogP) is 2.34. The Bertz CT molecular complexity index is 374. The molecule has 0 bridgehead atoms. The number of aryl methyl sites for hydroxylation is 1. The molecule has 0 saturated heterocycles. The molecule has 0 amide bonds. The second-order valence-electron chi connectivity index (χ2n) is 5.42. The fraction of sp³-hybridized carbons (Fsp3) is 0.714. The maximum atomic E-state index is 4.62. The highest BCUT2D eigenvalue weighted by molar-refractivity contribution is 5.31. The van der Waals surface area contributed by atoms with Crippen molar-refractivity contribution in [2.24, 2.45) is 0 Å². The van der Waals surface area contributed by atoms with Gasteiger partial charge in [0.15, 0.2) is 0 Å². The van der Waals surface area contributed by atoms with Crippen LogP contribution in [0.15, 0.2) is 6.07 Å². The molecule has 18 heavy (non-hydrogen) atoms. The van der Waals surface area contributed by atoms with Gasteiger partial charge in [-0.25, -0.2) is 9.97 Å². The van der Waals surface area contributed by atoms with Crippen LogP contribution in [0.3, 0.4) is 0 Å². The van der Waals surface area contributed by atoms with Crippen LogP contribution < -0.4 is 10.2 Å². The van der Waals surface area contributed by atoms with Crippen molar-refractivity contribution in [3.8, 4) is 0 Å². The van der Waals surface area contributed by atoms with Gasteiger partial charge in [0, 0.05) is 37.6 Å². The Morgan fingerprint density at radius 3 is 2.44 bits per heavy atom. The largest absolute Gasteiger partial charge is 0.343 e. The molecule has 0 atom stereocenters. The normalized spacial score (nSPS) is 11.3. The van der Waals surface area contributed by atoms with E-state index in [1.54, 1.807) is 0 Å².